The van der Waals surface area contributed by atoms with Gasteiger partial charge in [0.2, 0.25) is 0 Å². The molecule has 0 aromatic carbocycles. The van der Waals surface area contributed by atoms with Gasteiger partial charge in [-0.3, -0.25) is 4.68 Å². The van der Waals surface area contributed by atoms with E-state index in [4.69, 9.17) is 4.74 Å². The normalized spacial score (nSPS) is 29.8. The monoisotopic (exact) mass is 225 g/mol. The fraction of sp³-hybridized carbons (Fsp3) is 0.818. The number of aliphatic hydroxyl groups is 1. The summed E-state index contributed by atoms with van der Waals surface area (Å²) in [6, 6.07) is 0. The molecular weight excluding hydrogens is 206 g/mol. The van der Waals surface area contributed by atoms with Crippen LogP contribution in [0.4, 0.5) is 0 Å². The predicted molar refractivity (Wildman–Crippen MR) is 59.0 cm³/mol. The predicted octanol–water partition coefficient (Wildman–Crippen LogP) is 0.770. The molecule has 0 radical (unpaired) electrons. The summed E-state index contributed by atoms with van der Waals surface area (Å²) in [5.41, 5.74) is -0.779. The smallest absolute Gasteiger partial charge is 0.138 e. The van der Waals surface area contributed by atoms with Crippen molar-refractivity contribution < 1.29 is 9.84 Å². The highest BCUT2D eigenvalue weighted by Crippen LogP contribution is 2.28. The molecule has 2 unspecified atom stereocenters. The van der Waals surface area contributed by atoms with Gasteiger partial charge in [0.15, 0.2) is 0 Å². The molecule has 2 rings (SSSR count). The van der Waals surface area contributed by atoms with Crippen LogP contribution < -0.4 is 0 Å². The van der Waals surface area contributed by atoms with Gasteiger partial charge in [-0.15, -0.1) is 0 Å². The van der Waals surface area contributed by atoms with Crippen molar-refractivity contribution in [3.63, 3.8) is 0 Å². The molecule has 1 aromatic rings. The van der Waals surface area contributed by atoms with Crippen LogP contribution in [-0.2, 0) is 17.7 Å². The van der Waals surface area contributed by atoms with Crippen molar-refractivity contribution in [1.82, 2.24) is 14.8 Å². The van der Waals surface area contributed by atoms with E-state index in [2.05, 4.69) is 17.0 Å². The summed E-state index contributed by atoms with van der Waals surface area (Å²) in [6.07, 6.45) is 3.64. The molecule has 1 aliphatic rings. The summed E-state index contributed by atoms with van der Waals surface area (Å²) in [7, 11) is 0. The van der Waals surface area contributed by atoms with Gasteiger partial charge in [-0.1, -0.05) is 6.92 Å². The molecule has 0 aliphatic carbocycles. The van der Waals surface area contributed by atoms with Crippen LogP contribution >= 0.6 is 0 Å². The van der Waals surface area contributed by atoms with Crippen molar-refractivity contribution in [2.24, 2.45) is 0 Å². The van der Waals surface area contributed by atoms with E-state index in [0.29, 0.717) is 19.4 Å². The van der Waals surface area contributed by atoms with Gasteiger partial charge in [-0.2, -0.15) is 5.10 Å². The third kappa shape index (κ3) is 2.10. The van der Waals surface area contributed by atoms with Gasteiger partial charge in [-0.25, -0.2) is 4.98 Å². The van der Waals surface area contributed by atoms with E-state index in [-0.39, 0.29) is 6.10 Å². The van der Waals surface area contributed by atoms with Crippen molar-refractivity contribution in [3.05, 3.63) is 12.2 Å². The SMILES string of the molecule is CCCn1ncnc1CC1(O)CCOC1C. The topological polar surface area (TPSA) is 60.2 Å². The van der Waals surface area contributed by atoms with E-state index in [1.54, 1.807) is 6.33 Å². The van der Waals surface area contributed by atoms with Gasteiger partial charge in [0, 0.05) is 26.0 Å². The number of rotatable bonds is 4. The summed E-state index contributed by atoms with van der Waals surface area (Å²) in [6.45, 7) is 5.48. The largest absolute Gasteiger partial charge is 0.387 e. The van der Waals surface area contributed by atoms with Crippen molar-refractivity contribution >= 4 is 0 Å². The van der Waals surface area contributed by atoms with Gasteiger partial charge >= 0.3 is 0 Å². The number of ether oxygens (including phenoxy) is 1. The lowest BCUT2D eigenvalue weighted by molar-refractivity contribution is -0.0287. The molecule has 5 heteroatoms. The van der Waals surface area contributed by atoms with Crippen LogP contribution in [-0.4, -0.2) is 38.2 Å². The first-order chi connectivity index (χ1) is 7.65. The molecule has 2 heterocycles. The maximum Gasteiger partial charge on any atom is 0.138 e. The highest BCUT2D eigenvalue weighted by molar-refractivity contribution is 5.00. The lowest BCUT2D eigenvalue weighted by atomic mass is 9.92. The standard InChI is InChI=1S/C11H19N3O2/c1-3-5-14-10(12-8-13-14)7-11(15)4-6-16-9(11)2/h8-9,15H,3-7H2,1-2H3. The zero-order valence-corrected chi connectivity index (χ0v) is 9.89. The maximum atomic E-state index is 10.4. The Morgan fingerprint density at radius 1 is 1.69 bits per heavy atom. The number of nitrogens with zero attached hydrogens (tertiary/aromatic N) is 3. The van der Waals surface area contributed by atoms with Gasteiger partial charge in [0.25, 0.3) is 0 Å². The third-order valence-electron chi connectivity index (χ3n) is 3.25. The fourth-order valence-corrected chi connectivity index (χ4v) is 2.10. The number of aromatic nitrogens is 3. The van der Waals surface area contributed by atoms with Crippen molar-refractivity contribution in [2.45, 2.75) is 51.4 Å². The minimum atomic E-state index is -0.779. The Hall–Kier alpha value is -0.940. The van der Waals surface area contributed by atoms with Crippen molar-refractivity contribution in [1.29, 1.82) is 0 Å². The molecule has 1 N–H and O–H groups in total. The van der Waals surface area contributed by atoms with Gasteiger partial charge in [0.1, 0.15) is 12.2 Å². The average Bonchev–Trinajstić information content (AvgIpc) is 2.78. The molecule has 0 spiro atoms. The Balaban J connectivity index is 2.10. The second kappa shape index (κ2) is 4.51. The number of hydrogen-bond donors (Lipinski definition) is 1. The molecule has 0 amide bonds. The Labute approximate surface area is 95.4 Å². The Morgan fingerprint density at radius 2 is 2.50 bits per heavy atom. The van der Waals surface area contributed by atoms with Crippen LogP contribution in [0.5, 0.6) is 0 Å². The zero-order valence-electron chi connectivity index (χ0n) is 9.89. The van der Waals surface area contributed by atoms with Crippen LogP contribution in [0.15, 0.2) is 6.33 Å². The van der Waals surface area contributed by atoms with Gasteiger partial charge in [0.05, 0.1) is 11.7 Å². The number of aryl methyl sites for hydroxylation is 1. The molecule has 2 atom stereocenters. The molecule has 5 nitrogen and oxygen atoms in total. The highest BCUT2D eigenvalue weighted by atomic mass is 16.5. The first-order valence-electron chi connectivity index (χ1n) is 5.86. The Morgan fingerprint density at radius 3 is 3.12 bits per heavy atom. The molecule has 0 bridgehead atoms. The molecule has 16 heavy (non-hydrogen) atoms. The van der Waals surface area contributed by atoms with E-state index in [1.807, 2.05) is 11.6 Å². The molecule has 0 saturated carbocycles. The second-order valence-corrected chi connectivity index (χ2v) is 4.44. The molecule has 90 valence electrons. The van der Waals surface area contributed by atoms with Crippen LogP contribution in [0.25, 0.3) is 0 Å². The molecular formula is C11H19N3O2. The van der Waals surface area contributed by atoms with Crippen molar-refractivity contribution in [3.8, 4) is 0 Å². The van der Waals surface area contributed by atoms with E-state index < -0.39 is 5.60 Å². The Kier molecular flexibility index (Phi) is 3.25. The maximum absolute atomic E-state index is 10.4. The molecule has 1 aliphatic heterocycles. The van der Waals surface area contributed by atoms with Gasteiger partial charge in [-0.05, 0) is 13.3 Å². The lowest BCUT2D eigenvalue weighted by Crippen LogP contribution is -2.39. The summed E-state index contributed by atoms with van der Waals surface area (Å²) in [4.78, 5) is 4.21. The lowest BCUT2D eigenvalue weighted by Gasteiger charge is -2.25. The Bertz CT molecular complexity index is 353. The van der Waals surface area contributed by atoms with Crippen LogP contribution in [0.2, 0.25) is 0 Å². The first-order valence-corrected chi connectivity index (χ1v) is 5.86. The van der Waals surface area contributed by atoms with Crippen LogP contribution in [0, 0.1) is 0 Å². The average molecular weight is 225 g/mol. The van der Waals surface area contributed by atoms with E-state index >= 15 is 0 Å². The zero-order chi connectivity index (χ0) is 11.6. The summed E-state index contributed by atoms with van der Waals surface area (Å²) in [5.74, 6) is 0.849. The van der Waals surface area contributed by atoms with Crippen molar-refractivity contribution in [2.75, 3.05) is 6.61 Å². The summed E-state index contributed by atoms with van der Waals surface area (Å²) >= 11 is 0. The minimum Gasteiger partial charge on any atom is -0.387 e. The van der Waals surface area contributed by atoms with Crippen LogP contribution in [0.3, 0.4) is 0 Å². The second-order valence-electron chi connectivity index (χ2n) is 4.44. The summed E-state index contributed by atoms with van der Waals surface area (Å²) in [5, 5.41) is 14.6. The molecule has 1 saturated heterocycles. The minimum absolute atomic E-state index is 0.126. The first kappa shape index (κ1) is 11.5. The van der Waals surface area contributed by atoms with E-state index in [9.17, 15) is 5.11 Å². The summed E-state index contributed by atoms with van der Waals surface area (Å²) < 4.78 is 7.27. The molecule has 1 aromatic heterocycles. The van der Waals surface area contributed by atoms with E-state index in [1.165, 1.54) is 0 Å². The van der Waals surface area contributed by atoms with Crippen LogP contribution in [0.1, 0.15) is 32.5 Å². The third-order valence-corrected chi connectivity index (χ3v) is 3.25. The quantitative estimate of drug-likeness (QED) is 0.822. The number of hydrogen-bond acceptors (Lipinski definition) is 4. The fourth-order valence-electron chi connectivity index (χ4n) is 2.10. The van der Waals surface area contributed by atoms with Gasteiger partial charge < -0.3 is 9.84 Å². The molecule has 1 fully saturated rings. The highest BCUT2D eigenvalue weighted by Gasteiger charge is 2.40. The van der Waals surface area contributed by atoms with E-state index in [0.717, 1.165) is 18.8 Å².